The van der Waals surface area contributed by atoms with Gasteiger partial charge in [-0.25, -0.2) is 9.79 Å². The van der Waals surface area contributed by atoms with Crippen molar-refractivity contribution in [3.8, 4) is 0 Å². The highest BCUT2D eigenvalue weighted by molar-refractivity contribution is 6.39. The number of likely N-dealkylation sites (tertiary alicyclic amines) is 1. The van der Waals surface area contributed by atoms with E-state index in [1.165, 1.54) is 0 Å². The fourth-order valence-corrected chi connectivity index (χ4v) is 7.35. The maximum absolute atomic E-state index is 14.6. The number of rotatable bonds is 5. The zero-order valence-corrected chi connectivity index (χ0v) is 27.2. The normalized spacial score (nSPS) is 25.5. The zero-order valence-electron chi connectivity index (χ0n) is 27.2. The summed E-state index contributed by atoms with van der Waals surface area (Å²) in [5, 5.41) is 9.53. The van der Waals surface area contributed by atoms with Gasteiger partial charge < -0.3 is 14.9 Å². The lowest BCUT2D eigenvalue weighted by Crippen LogP contribution is -2.52. The Morgan fingerprint density at radius 2 is 1.41 bits per heavy atom. The minimum absolute atomic E-state index is 0.0645. The van der Waals surface area contributed by atoms with Crippen molar-refractivity contribution < 1.29 is 14.7 Å². The molecule has 1 amide bonds. The fraction of sp³-hybridized carbons (Fsp3) is 0.743. The molecule has 6 heteroatoms. The lowest BCUT2D eigenvalue weighted by Gasteiger charge is -2.47. The van der Waals surface area contributed by atoms with Crippen molar-refractivity contribution >= 4 is 17.7 Å². The average molecular weight is 566 g/mol. The Morgan fingerprint density at radius 3 is 1.88 bits per heavy atom. The first-order valence-corrected chi connectivity index (χ1v) is 15.9. The number of carboxylic acids is 1. The first-order valence-electron chi connectivity index (χ1n) is 15.9. The monoisotopic (exact) mass is 565 g/mol. The van der Waals surface area contributed by atoms with E-state index in [4.69, 9.17) is 4.99 Å². The first kappa shape index (κ1) is 31.6. The van der Waals surface area contributed by atoms with E-state index in [0.29, 0.717) is 17.7 Å². The molecule has 0 unspecified atom stereocenters. The van der Waals surface area contributed by atoms with Gasteiger partial charge in [-0.2, -0.15) is 0 Å². The highest BCUT2D eigenvalue weighted by Gasteiger charge is 2.54. The van der Waals surface area contributed by atoms with Crippen molar-refractivity contribution in [3.63, 3.8) is 0 Å². The van der Waals surface area contributed by atoms with Crippen LogP contribution in [0.3, 0.4) is 0 Å². The van der Waals surface area contributed by atoms with E-state index >= 15 is 0 Å². The number of carboxylic acid groups (broad SMARTS) is 1. The van der Waals surface area contributed by atoms with E-state index in [0.717, 1.165) is 70.0 Å². The minimum atomic E-state index is -0.929. The average Bonchev–Trinajstić information content (AvgIpc) is 3.14. The molecular weight excluding hydrogens is 510 g/mol. The Labute approximate surface area is 249 Å². The van der Waals surface area contributed by atoms with Crippen molar-refractivity contribution in [1.29, 1.82) is 0 Å². The highest BCUT2D eigenvalue weighted by Crippen LogP contribution is 2.50. The number of amides is 1. The van der Waals surface area contributed by atoms with E-state index in [-0.39, 0.29) is 33.8 Å². The molecule has 1 aliphatic carbocycles. The second-order valence-corrected chi connectivity index (χ2v) is 16.4. The van der Waals surface area contributed by atoms with Crippen molar-refractivity contribution in [2.45, 2.75) is 125 Å². The molecule has 4 rings (SSSR count). The number of aliphatic imine (C=N–C) groups is 1. The lowest BCUT2D eigenvalue weighted by atomic mass is 9.69. The number of carbonyl (C=O) groups is 2. The Bertz CT molecular complexity index is 1120. The third-order valence-corrected chi connectivity index (χ3v) is 10.2. The van der Waals surface area contributed by atoms with Gasteiger partial charge in [-0.15, -0.1) is 0 Å². The Kier molecular flexibility index (Phi) is 8.76. The van der Waals surface area contributed by atoms with E-state index in [9.17, 15) is 14.7 Å². The van der Waals surface area contributed by atoms with Crippen LogP contribution in [0.2, 0.25) is 0 Å². The third kappa shape index (κ3) is 7.00. The highest BCUT2D eigenvalue weighted by atomic mass is 16.4. The van der Waals surface area contributed by atoms with Crippen molar-refractivity contribution in [2.24, 2.45) is 33.1 Å². The van der Waals surface area contributed by atoms with Crippen LogP contribution in [0.1, 0.15) is 136 Å². The number of carbonyl (C=O) groups excluding carboxylic acids is 1. The van der Waals surface area contributed by atoms with Crippen LogP contribution in [-0.4, -0.2) is 51.4 Å². The molecule has 41 heavy (non-hydrogen) atoms. The van der Waals surface area contributed by atoms with Crippen LogP contribution in [0.15, 0.2) is 29.3 Å². The molecule has 0 radical (unpaired) electrons. The number of nitrogens with zero attached hydrogens (tertiary/aromatic N) is 3. The smallest absolute Gasteiger partial charge is 0.335 e. The van der Waals surface area contributed by atoms with Gasteiger partial charge in [0.05, 0.1) is 11.6 Å². The molecular formula is C35H55N3O3. The van der Waals surface area contributed by atoms with Crippen LogP contribution in [0.5, 0.6) is 0 Å². The van der Waals surface area contributed by atoms with Crippen LogP contribution in [-0.2, 0) is 4.79 Å². The van der Waals surface area contributed by atoms with Gasteiger partial charge in [0.25, 0.3) is 5.91 Å². The first-order chi connectivity index (χ1) is 18.9. The molecule has 1 N–H and O–H groups in total. The molecule has 1 aromatic rings. The van der Waals surface area contributed by atoms with Gasteiger partial charge in [-0.05, 0) is 97.1 Å². The summed E-state index contributed by atoms with van der Waals surface area (Å²) in [6, 6.07) is 7.07. The molecule has 1 atom stereocenters. The summed E-state index contributed by atoms with van der Waals surface area (Å²) in [4.78, 5) is 36.1. The summed E-state index contributed by atoms with van der Waals surface area (Å²) in [5.74, 6) is 1.05. The summed E-state index contributed by atoms with van der Waals surface area (Å²) in [6.07, 6.45) is 7.80. The van der Waals surface area contributed by atoms with Crippen molar-refractivity contribution in [3.05, 3.63) is 35.4 Å². The van der Waals surface area contributed by atoms with Gasteiger partial charge in [0.1, 0.15) is 5.66 Å². The van der Waals surface area contributed by atoms with Gasteiger partial charge in [0, 0.05) is 13.1 Å². The third-order valence-electron chi connectivity index (χ3n) is 10.2. The minimum Gasteiger partial charge on any atom is -0.478 e. The second kappa shape index (κ2) is 11.4. The molecule has 1 spiro atoms. The van der Waals surface area contributed by atoms with Crippen LogP contribution < -0.4 is 0 Å². The molecule has 1 saturated heterocycles. The molecule has 2 heterocycles. The Hall–Kier alpha value is -2.37. The van der Waals surface area contributed by atoms with Gasteiger partial charge in [-0.3, -0.25) is 4.79 Å². The van der Waals surface area contributed by atoms with E-state index < -0.39 is 11.6 Å². The van der Waals surface area contributed by atoms with Crippen molar-refractivity contribution in [1.82, 2.24) is 9.80 Å². The van der Waals surface area contributed by atoms with Crippen LogP contribution in [0.4, 0.5) is 0 Å². The van der Waals surface area contributed by atoms with Crippen molar-refractivity contribution in [2.75, 3.05) is 13.1 Å². The predicted octanol–water partition coefficient (Wildman–Crippen LogP) is 8.18. The van der Waals surface area contributed by atoms with Gasteiger partial charge >= 0.3 is 5.97 Å². The molecule has 6 nitrogen and oxygen atoms in total. The topological polar surface area (TPSA) is 73.2 Å². The maximum Gasteiger partial charge on any atom is 0.335 e. The van der Waals surface area contributed by atoms with Gasteiger partial charge in [0.2, 0.25) is 0 Å². The lowest BCUT2D eigenvalue weighted by molar-refractivity contribution is -0.134. The second-order valence-electron chi connectivity index (χ2n) is 16.4. The molecule has 228 valence electrons. The van der Waals surface area contributed by atoms with E-state index in [1.807, 2.05) is 12.1 Å². The molecule has 1 aromatic carbocycles. The summed E-state index contributed by atoms with van der Waals surface area (Å²) in [6.45, 7) is 22.5. The summed E-state index contributed by atoms with van der Waals surface area (Å²) >= 11 is 0. The molecule has 0 aromatic heterocycles. The standard InChI is InChI=1S/C35H55N3O3/c1-32(2,3)19-16-28(24-10-12-25(13-11-24)31(40)41)38-30(39)29(37-22-17-27(18-23-37)34(7,8)9)36-35(38)20-14-26(15-21-35)33(4,5)6/h10-13,26-28H,14-23H2,1-9H3,(H,40,41)/t26?,28-,35?/m1/s1. The fourth-order valence-electron chi connectivity index (χ4n) is 7.35. The summed E-state index contributed by atoms with van der Waals surface area (Å²) in [7, 11) is 0. The molecule has 0 bridgehead atoms. The predicted molar refractivity (Wildman–Crippen MR) is 167 cm³/mol. The quantitative estimate of drug-likeness (QED) is 0.391. The maximum atomic E-state index is 14.6. The number of benzene rings is 1. The number of hydrogen-bond donors (Lipinski definition) is 1. The number of piperidine rings is 1. The molecule has 1 saturated carbocycles. The summed E-state index contributed by atoms with van der Waals surface area (Å²) in [5.41, 5.74) is 1.35. The van der Waals surface area contributed by atoms with Crippen LogP contribution >= 0.6 is 0 Å². The van der Waals surface area contributed by atoms with Gasteiger partial charge in [0.15, 0.2) is 5.84 Å². The SMILES string of the molecule is CC(C)(C)CC[C@H](c1ccc(C(=O)O)cc1)N1C(=O)C(N2CCC(C(C)(C)C)CC2)=NC12CCC(C(C)(C)C)CC2. The Balaban J connectivity index is 1.72. The number of aromatic carboxylic acids is 1. The van der Waals surface area contributed by atoms with Crippen LogP contribution in [0.25, 0.3) is 0 Å². The number of amidine groups is 1. The molecule has 2 fully saturated rings. The van der Waals surface area contributed by atoms with Gasteiger partial charge in [-0.1, -0.05) is 74.4 Å². The summed E-state index contributed by atoms with van der Waals surface area (Å²) < 4.78 is 0. The van der Waals surface area contributed by atoms with E-state index in [1.54, 1.807) is 12.1 Å². The molecule has 3 aliphatic rings. The number of hydrogen-bond acceptors (Lipinski definition) is 4. The van der Waals surface area contributed by atoms with E-state index in [2.05, 4.69) is 72.1 Å². The zero-order chi connectivity index (χ0) is 30.4. The largest absolute Gasteiger partial charge is 0.478 e. The Morgan fingerprint density at radius 1 is 0.902 bits per heavy atom. The molecule has 2 aliphatic heterocycles. The van der Waals surface area contributed by atoms with Crippen LogP contribution in [0, 0.1) is 28.1 Å².